The first-order valence-corrected chi connectivity index (χ1v) is 25.4. The van der Waals surface area contributed by atoms with Crippen molar-refractivity contribution >= 4 is 0 Å². The molecule has 0 N–H and O–H groups in total. The van der Waals surface area contributed by atoms with E-state index in [4.69, 9.17) is 0 Å². The van der Waals surface area contributed by atoms with Gasteiger partial charge in [0.25, 0.3) is 5.82 Å². The van der Waals surface area contributed by atoms with Gasteiger partial charge in [0.15, 0.2) is 0 Å². The van der Waals surface area contributed by atoms with Crippen LogP contribution in [-0.2, 0) is 19.5 Å². The molecule has 0 spiro atoms. The summed E-state index contributed by atoms with van der Waals surface area (Å²) in [5, 5.41) is 0. The van der Waals surface area contributed by atoms with Gasteiger partial charge in [0.1, 0.15) is 12.4 Å². The van der Waals surface area contributed by atoms with Crippen molar-refractivity contribution in [2.75, 3.05) is 0 Å². The highest BCUT2D eigenvalue weighted by Gasteiger charge is 2.16. The largest absolute Gasteiger partial charge is 0.256 e. The Hall–Kier alpha value is -0.790. The normalized spacial score (nSPS) is 11.7. The average Bonchev–Trinajstić information content (AvgIpc) is 3.55. The molecule has 2 heteroatoms. The molecule has 0 aliphatic heterocycles. The van der Waals surface area contributed by atoms with Gasteiger partial charge in [-0.2, -0.15) is 0 Å². The lowest BCUT2D eigenvalue weighted by molar-refractivity contribution is -0.704. The van der Waals surface area contributed by atoms with Gasteiger partial charge in [0.05, 0.1) is 13.1 Å². The van der Waals surface area contributed by atoms with E-state index in [1.54, 1.807) is 5.82 Å². The van der Waals surface area contributed by atoms with E-state index in [-0.39, 0.29) is 0 Å². The lowest BCUT2D eigenvalue weighted by Gasteiger charge is -2.07. The molecule has 0 aliphatic rings. The highest BCUT2D eigenvalue weighted by molar-refractivity contribution is 4.84. The molecule has 0 saturated carbocycles. The summed E-state index contributed by atoms with van der Waals surface area (Å²) in [6.07, 6.45) is 66.8. The number of nitrogens with zero attached hydrogens (tertiary/aromatic N) is 2. The van der Waals surface area contributed by atoms with Crippen LogP contribution in [0.25, 0.3) is 0 Å². The molecular formula is C51H101N2+. The fourth-order valence-electron chi connectivity index (χ4n) is 8.62. The van der Waals surface area contributed by atoms with Crippen LogP contribution in [0.1, 0.15) is 296 Å². The minimum atomic E-state index is 1.23. The van der Waals surface area contributed by atoms with E-state index in [9.17, 15) is 0 Å². The second kappa shape index (κ2) is 42.4. The Labute approximate surface area is 336 Å². The summed E-state index contributed by atoms with van der Waals surface area (Å²) in [5.74, 6) is 1.63. The Kier molecular flexibility index (Phi) is 40.1. The van der Waals surface area contributed by atoms with E-state index < -0.39 is 0 Å². The number of hydrogen-bond acceptors (Lipinski definition) is 0. The van der Waals surface area contributed by atoms with E-state index in [2.05, 4.69) is 42.3 Å². The molecule has 1 rings (SSSR count). The number of aromatic nitrogens is 2. The highest BCUT2D eigenvalue weighted by atomic mass is 15.1. The van der Waals surface area contributed by atoms with Gasteiger partial charge in [-0.25, -0.2) is 9.13 Å². The van der Waals surface area contributed by atoms with Crippen molar-refractivity contribution in [2.24, 2.45) is 0 Å². The number of rotatable bonds is 45. The van der Waals surface area contributed by atoms with E-state index >= 15 is 0 Å². The van der Waals surface area contributed by atoms with E-state index in [0.717, 1.165) is 0 Å². The van der Waals surface area contributed by atoms with Crippen molar-refractivity contribution in [2.45, 2.75) is 310 Å². The zero-order chi connectivity index (χ0) is 38.0. The van der Waals surface area contributed by atoms with Crippen LogP contribution < -0.4 is 4.57 Å². The minimum absolute atomic E-state index is 1.23. The fourth-order valence-corrected chi connectivity index (χ4v) is 8.62. The van der Waals surface area contributed by atoms with Crippen molar-refractivity contribution in [3.05, 3.63) is 18.2 Å². The maximum Gasteiger partial charge on any atom is 0.256 e. The summed E-state index contributed by atoms with van der Waals surface area (Å²) in [7, 11) is 0. The first-order valence-electron chi connectivity index (χ1n) is 25.4. The Bertz CT molecular complexity index is 811. The molecule has 0 aromatic carbocycles. The van der Waals surface area contributed by atoms with Crippen LogP contribution in [0.4, 0.5) is 0 Å². The summed E-state index contributed by atoms with van der Waals surface area (Å²) < 4.78 is 5.32. The predicted octanol–water partition coefficient (Wildman–Crippen LogP) is 17.8. The van der Waals surface area contributed by atoms with Crippen LogP contribution in [0.15, 0.2) is 12.4 Å². The maximum atomic E-state index is 2.66. The van der Waals surface area contributed by atoms with Crippen molar-refractivity contribution in [3.8, 4) is 0 Å². The third-order valence-electron chi connectivity index (χ3n) is 12.3. The molecule has 0 atom stereocenters. The zero-order valence-corrected chi connectivity index (χ0v) is 37.4. The Morgan fingerprint density at radius 2 is 0.585 bits per heavy atom. The standard InChI is InChI=1S/C51H101N2/c1-4-7-10-13-16-19-22-25-26-27-30-33-36-39-42-45-48-53-50-49-52(47-44-41-38-35-32-29-24-21-18-15-12-9-6-3)51(53)46-43-40-37-34-31-28-23-20-17-14-11-8-5-2/h49-50H,4-48H2,1-3H3/q+1. The molecule has 2 nitrogen and oxygen atoms in total. The average molecular weight is 742 g/mol. The zero-order valence-electron chi connectivity index (χ0n) is 37.4. The molecule has 0 saturated heterocycles. The van der Waals surface area contributed by atoms with Crippen molar-refractivity contribution in [1.29, 1.82) is 0 Å². The van der Waals surface area contributed by atoms with Crippen LogP contribution >= 0.6 is 0 Å². The molecule has 1 aromatic heterocycles. The summed E-state index contributed by atoms with van der Waals surface area (Å²) in [4.78, 5) is 0. The molecule has 0 aliphatic carbocycles. The summed E-state index contributed by atoms with van der Waals surface area (Å²) in [6, 6.07) is 0. The van der Waals surface area contributed by atoms with Crippen molar-refractivity contribution < 1.29 is 4.57 Å². The highest BCUT2D eigenvalue weighted by Crippen LogP contribution is 2.17. The molecule has 0 amide bonds. The van der Waals surface area contributed by atoms with Crippen LogP contribution in [-0.4, -0.2) is 4.57 Å². The van der Waals surface area contributed by atoms with E-state index in [1.807, 2.05) is 0 Å². The molecule has 1 aromatic rings. The van der Waals surface area contributed by atoms with Crippen molar-refractivity contribution in [3.63, 3.8) is 0 Å². The molecule has 53 heavy (non-hydrogen) atoms. The topological polar surface area (TPSA) is 8.81 Å². The van der Waals surface area contributed by atoms with Gasteiger partial charge in [-0.1, -0.05) is 258 Å². The first kappa shape index (κ1) is 50.2. The molecule has 314 valence electrons. The quantitative estimate of drug-likeness (QED) is 0.0465. The first-order chi connectivity index (χ1) is 26.3. The molecule has 0 bridgehead atoms. The third kappa shape index (κ3) is 34.2. The monoisotopic (exact) mass is 742 g/mol. The van der Waals surface area contributed by atoms with Gasteiger partial charge in [-0.3, -0.25) is 0 Å². The fraction of sp³-hybridized carbons (Fsp3) is 0.941. The van der Waals surface area contributed by atoms with E-state index in [1.165, 1.54) is 289 Å². The van der Waals surface area contributed by atoms with Crippen LogP contribution in [0, 0.1) is 0 Å². The van der Waals surface area contributed by atoms with Gasteiger partial charge >= 0.3 is 0 Å². The Morgan fingerprint density at radius 3 is 0.906 bits per heavy atom. The lowest BCUT2D eigenvalue weighted by Crippen LogP contribution is -2.37. The van der Waals surface area contributed by atoms with Crippen LogP contribution in [0.2, 0.25) is 0 Å². The molecular weight excluding hydrogens is 641 g/mol. The molecule has 0 unspecified atom stereocenters. The number of hydrogen-bond donors (Lipinski definition) is 0. The van der Waals surface area contributed by atoms with Gasteiger partial charge in [-0.15, -0.1) is 0 Å². The minimum Gasteiger partial charge on any atom is -0.234 e. The predicted molar refractivity (Wildman–Crippen MR) is 239 cm³/mol. The Balaban J connectivity index is 2.25. The summed E-state index contributed by atoms with van der Waals surface area (Å²) in [5.41, 5.74) is 0. The smallest absolute Gasteiger partial charge is 0.234 e. The molecule has 0 fully saturated rings. The van der Waals surface area contributed by atoms with Gasteiger partial charge in [0.2, 0.25) is 0 Å². The molecule has 0 radical (unpaired) electrons. The van der Waals surface area contributed by atoms with Gasteiger partial charge < -0.3 is 0 Å². The SMILES string of the molecule is CCCCCCCCCCCCCCCCCCn1cc[n+](CCCCCCCCCCCCCCC)c1CCCCCCCCCCCCCCC. The second-order valence-corrected chi connectivity index (χ2v) is 17.6. The number of unbranched alkanes of at least 4 members (excludes halogenated alkanes) is 39. The Morgan fingerprint density at radius 1 is 0.321 bits per heavy atom. The van der Waals surface area contributed by atoms with Gasteiger partial charge in [0, 0.05) is 6.42 Å². The second-order valence-electron chi connectivity index (χ2n) is 17.6. The number of imidazole rings is 1. The summed E-state index contributed by atoms with van der Waals surface area (Å²) >= 11 is 0. The van der Waals surface area contributed by atoms with E-state index in [0.29, 0.717) is 0 Å². The van der Waals surface area contributed by atoms with Crippen LogP contribution in [0.5, 0.6) is 0 Å². The van der Waals surface area contributed by atoms with Crippen LogP contribution in [0.3, 0.4) is 0 Å². The maximum absolute atomic E-state index is 2.66. The molecule has 1 heterocycles. The number of aryl methyl sites for hydroxylation is 2. The summed E-state index contributed by atoms with van der Waals surface area (Å²) in [6.45, 7) is 9.42. The lowest BCUT2D eigenvalue weighted by atomic mass is 10.0. The van der Waals surface area contributed by atoms with Crippen molar-refractivity contribution in [1.82, 2.24) is 4.57 Å². The third-order valence-corrected chi connectivity index (χ3v) is 12.3. The van der Waals surface area contributed by atoms with Gasteiger partial charge in [-0.05, 0) is 32.1 Å².